The Morgan fingerprint density at radius 1 is 1.09 bits per heavy atom. The van der Waals surface area contributed by atoms with Crippen LogP contribution < -0.4 is 22.3 Å². The number of para-hydroxylation sites is 1. The molecule has 4 aromatic rings. The maximum absolute atomic E-state index is 13.8. The highest BCUT2D eigenvalue weighted by Gasteiger charge is 2.22. The van der Waals surface area contributed by atoms with Crippen LogP contribution >= 0.6 is 0 Å². The lowest BCUT2D eigenvalue weighted by molar-refractivity contribution is 0.687. The zero-order valence-electron chi connectivity index (χ0n) is 18.8. The van der Waals surface area contributed by atoms with Crippen molar-refractivity contribution in [3.8, 4) is 11.8 Å². The molecule has 4 rings (SSSR count). The van der Waals surface area contributed by atoms with Crippen molar-refractivity contribution >= 4 is 28.4 Å². The summed E-state index contributed by atoms with van der Waals surface area (Å²) >= 11 is 0. The van der Waals surface area contributed by atoms with Gasteiger partial charge in [0.05, 0.1) is 17.1 Å². The Bertz CT molecular complexity index is 1470. The first-order valence-electron chi connectivity index (χ1n) is 10.7. The van der Waals surface area contributed by atoms with Crippen LogP contribution in [0.25, 0.3) is 16.5 Å². The van der Waals surface area contributed by atoms with Crippen LogP contribution in [0.2, 0.25) is 0 Å². The first kappa shape index (κ1) is 21.8. The largest absolute Gasteiger partial charge is 0.382 e. The monoisotopic (exact) mass is 439 g/mol. The molecule has 0 saturated carbocycles. The number of aromatic nitrogens is 3. The molecule has 1 atom stereocenters. The third-order valence-electron chi connectivity index (χ3n) is 5.78. The third kappa shape index (κ3) is 3.85. The number of fused-ring (bicyclic) bond motifs is 1. The first-order chi connectivity index (χ1) is 15.8. The molecular weight excluding hydrogens is 414 g/mol. The number of anilines is 3. The number of nitriles is 1. The van der Waals surface area contributed by atoms with E-state index in [0.717, 1.165) is 27.9 Å². The Labute approximate surface area is 191 Å². The molecule has 8 heteroatoms. The maximum atomic E-state index is 13.8. The topological polar surface area (TPSA) is 136 Å². The number of nitrogens with one attached hydrogen (secondary N) is 1. The van der Waals surface area contributed by atoms with E-state index in [1.54, 1.807) is 4.57 Å². The predicted octanol–water partition coefficient (Wildman–Crippen LogP) is 4.00. The lowest BCUT2D eigenvalue weighted by Crippen LogP contribution is -2.27. The molecule has 2 aromatic heterocycles. The summed E-state index contributed by atoms with van der Waals surface area (Å²) in [6.07, 6.45) is 0.608. The summed E-state index contributed by atoms with van der Waals surface area (Å²) in [5.41, 5.74) is 15.1. The molecule has 0 aliphatic heterocycles. The van der Waals surface area contributed by atoms with E-state index in [-0.39, 0.29) is 34.7 Å². The van der Waals surface area contributed by atoms with Gasteiger partial charge >= 0.3 is 0 Å². The van der Waals surface area contributed by atoms with E-state index in [1.807, 2.05) is 75.4 Å². The standard InChI is InChI=1S/C25H25N7O/c1-4-18(29-23-17(13-26)22(27)30-25(28)31-23)20-12-16-10-7-9-15(3)21(16)24(33)32(20)19-11-6-5-8-14(19)2/h5-12,18H,4H2,1-3H3,(H5,27,28,29,30,31)/t18-/m0/s1. The van der Waals surface area contributed by atoms with Gasteiger partial charge < -0.3 is 16.8 Å². The fraction of sp³-hybridized carbons (Fsp3) is 0.200. The quantitative estimate of drug-likeness (QED) is 0.428. The summed E-state index contributed by atoms with van der Waals surface area (Å²) in [5, 5.41) is 14.4. The Morgan fingerprint density at radius 2 is 1.82 bits per heavy atom. The van der Waals surface area contributed by atoms with Gasteiger partial charge in [-0.1, -0.05) is 43.3 Å². The van der Waals surface area contributed by atoms with Gasteiger partial charge in [-0.05, 0) is 48.9 Å². The molecule has 0 unspecified atom stereocenters. The average Bonchev–Trinajstić information content (AvgIpc) is 2.78. The van der Waals surface area contributed by atoms with E-state index >= 15 is 0 Å². The lowest BCUT2D eigenvalue weighted by atomic mass is 10.0. The second kappa shape index (κ2) is 8.63. The molecule has 0 aliphatic rings. The Kier molecular flexibility index (Phi) is 5.71. The first-order valence-corrected chi connectivity index (χ1v) is 10.7. The van der Waals surface area contributed by atoms with Crippen LogP contribution in [0, 0.1) is 25.2 Å². The molecule has 0 amide bonds. The molecule has 0 aliphatic carbocycles. The van der Waals surface area contributed by atoms with E-state index in [2.05, 4.69) is 15.3 Å². The summed E-state index contributed by atoms with van der Waals surface area (Å²) in [7, 11) is 0. The number of hydrogen-bond donors (Lipinski definition) is 3. The van der Waals surface area contributed by atoms with Gasteiger partial charge in [-0.25, -0.2) is 0 Å². The highest BCUT2D eigenvalue weighted by molar-refractivity contribution is 5.85. The van der Waals surface area contributed by atoms with Crippen LogP contribution in [-0.2, 0) is 0 Å². The van der Waals surface area contributed by atoms with Crippen molar-refractivity contribution in [1.29, 1.82) is 5.26 Å². The van der Waals surface area contributed by atoms with E-state index in [9.17, 15) is 10.1 Å². The van der Waals surface area contributed by atoms with Gasteiger partial charge in [-0.3, -0.25) is 9.36 Å². The summed E-state index contributed by atoms with van der Waals surface area (Å²) in [4.78, 5) is 21.9. The number of nitrogen functional groups attached to an aromatic ring is 2. The molecule has 0 radical (unpaired) electrons. The number of benzene rings is 2. The van der Waals surface area contributed by atoms with Crippen LogP contribution in [-0.4, -0.2) is 14.5 Å². The second-order valence-electron chi connectivity index (χ2n) is 7.94. The molecule has 5 N–H and O–H groups in total. The van der Waals surface area contributed by atoms with Gasteiger partial charge in [0.25, 0.3) is 5.56 Å². The van der Waals surface area contributed by atoms with Gasteiger partial charge in [-0.2, -0.15) is 15.2 Å². The number of aryl methyl sites for hydroxylation is 2. The molecule has 0 fully saturated rings. The van der Waals surface area contributed by atoms with Gasteiger partial charge in [0.1, 0.15) is 17.5 Å². The van der Waals surface area contributed by atoms with Crippen LogP contribution in [0.3, 0.4) is 0 Å². The number of nitrogens with zero attached hydrogens (tertiary/aromatic N) is 4. The summed E-state index contributed by atoms with van der Waals surface area (Å²) < 4.78 is 1.74. The molecule has 0 saturated heterocycles. The number of hydrogen-bond acceptors (Lipinski definition) is 7. The second-order valence-corrected chi connectivity index (χ2v) is 7.94. The highest BCUT2D eigenvalue weighted by Crippen LogP contribution is 2.30. The van der Waals surface area contributed by atoms with Crippen molar-refractivity contribution in [3.63, 3.8) is 0 Å². The molecular formula is C25H25N7O. The molecule has 0 spiro atoms. The predicted molar refractivity (Wildman–Crippen MR) is 131 cm³/mol. The van der Waals surface area contributed by atoms with Crippen LogP contribution in [0.4, 0.5) is 17.6 Å². The van der Waals surface area contributed by atoms with Crippen molar-refractivity contribution in [2.45, 2.75) is 33.2 Å². The SMILES string of the molecule is CC[C@H](Nc1nc(N)nc(N)c1C#N)c1cc2cccc(C)c2c(=O)n1-c1ccccc1C. The van der Waals surface area contributed by atoms with Crippen molar-refractivity contribution in [1.82, 2.24) is 14.5 Å². The molecule has 33 heavy (non-hydrogen) atoms. The highest BCUT2D eigenvalue weighted by atomic mass is 16.1. The molecule has 166 valence electrons. The zero-order valence-corrected chi connectivity index (χ0v) is 18.8. The summed E-state index contributed by atoms with van der Waals surface area (Å²) in [5.74, 6) is 0.213. The van der Waals surface area contributed by atoms with E-state index in [4.69, 9.17) is 11.5 Å². The van der Waals surface area contributed by atoms with E-state index in [1.165, 1.54) is 0 Å². The van der Waals surface area contributed by atoms with E-state index < -0.39 is 0 Å². The van der Waals surface area contributed by atoms with Crippen molar-refractivity contribution in [2.75, 3.05) is 16.8 Å². The minimum absolute atomic E-state index is 0.00721. The fourth-order valence-electron chi connectivity index (χ4n) is 4.14. The van der Waals surface area contributed by atoms with Crippen LogP contribution in [0.1, 0.15) is 41.8 Å². The molecule has 0 bridgehead atoms. The third-order valence-corrected chi connectivity index (χ3v) is 5.78. The summed E-state index contributed by atoms with van der Waals surface area (Å²) in [6, 6.07) is 17.3. The molecule has 2 heterocycles. The normalized spacial score (nSPS) is 11.8. The molecule has 8 nitrogen and oxygen atoms in total. The van der Waals surface area contributed by atoms with E-state index in [0.29, 0.717) is 11.8 Å². The minimum Gasteiger partial charge on any atom is -0.382 e. The average molecular weight is 440 g/mol. The fourth-order valence-corrected chi connectivity index (χ4v) is 4.14. The summed E-state index contributed by atoms with van der Waals surface area (Å²) in [6.45, 7) is 5.90. The van der Waals surface area contributed by atoms with Gasteiger partial charge in [0, 0.05) is 5.69 Å². The number of pyridine rings is 1. The van der Waals surface area contributed by atoms with Crippen LogP contribution in [0.15, 0.2) is 53.3 Å². The Balaban J connectivity index is 2.00. The minimum atomic E-state index is -0.358. The van der Waals surface area contributed by atoms with Gasteiger partial charge in [-0.15, -0.1) is 0 Å². The van der Waals surface area contributed by atoms with Crippen molar-refractivity contribution in [3.05, 3.63) is 81.3 Å². The number of rotatable bonds is 5. The zero-order chi connectivity index (χ0) is 23.7. The van der Waals surface area contributed by atoms with Crippen LogP contribution in [0.5, 0.6) is 0 Å². The Morgan fingerprint density at radius 3 is 2.52 bits per heavy atom. The van der Waals surface area contributed by atoms with Gasteiger partial charge in [0.15, 0.2) is 5.82 Å². The lowest BCUT2D eigenvalue weighted by Gasteiger charge is -2.25. The van der Waals surface area contributed by atoms with Crippen molar-refractivity contribution in [2.24, 2.45) is 0 Å². The maximum Gasteiger partial charge on any atom is 0.263 e. The smallest absolute Gasteiger partial charge is 0.263 e. The van der Waals surface area contributed by atoms with Crippen molar-refractivity contribution < 1.29 is 0 Å². The van der Waals surface area contributed by atoms with Gasteiger partial charge in [0.2, 0.25) is 5.95 Å². The molecule has 2 aromatic carbocycles. The Hall–Kier alpha value is -4.38. The number of nitrogens with two attached hydrogens (primary N) is 2.